The Labute approximate surface area is 136 Å². The van der Waals surface area contributed by atoms with Crippen LogP contribution in [0, 0.1) is 12.7 Å². The Bertz CT molecular complexity index is 604. The maximum atomic E-state index is 13.4. The van der Waals surface area contributed by atoms with Gasteiger partial charge in [-0.1, -0.05) is 11.6 Å². The number of aryl methyl sites for hydroxylation is 1. The number of hydrogen-bond donors (Lipinski definition) is 1. The Morgan fingerprint density at radius 3 is 2.48 bits per heavy atom. The number of nitrogens with zero attached hydrogens (tertiary/aromatic N) is 1. The van der Waals surface area contributed by atoms with Crippen LogP contribution < -0.4 is 5.32 Å². The van der Waals surface area contributed by atoms with Gasteiger partial charge in [-0.25, -0.2) is 12.8 Å². The van der Waals surface area contributed by atoms with E-state index in [1.54, 1.807) is 7.05 Å². The minimum absolute atomic E-state index is 0. The summed E-state index contributed by atoms with van der Waals surface area (Å²) in [5, 5.41) is 3.12. The van der Waals surface area contributed by atoms with Gasteiger partial charge in [-0.15, -0.1) is 12.4 Å². The molecule has 1 aromatic rings. The third-order valence-electron chi connectivity index (χ3n) is 3.69. The van der Waals surface area contributed by atoms with E-state index in [1.807, 2.05) is 0 Å². The van der Waals surface area contributed by atoms with Gasteiger partial charge in [-0.3, -0.25) is 0 Å². The molecule has 1 fully saturated rings. The second-order valence-corrected chi connectivity index (χ2v) is 7.41. The summed E-state index contributed by atoms with van der Waals surface area (Å²) in [5.74, 6) is -0.501. The standard InChI is InChI=1S/C13H18ClFN2O2S.ClH/c1-9-7-13(11(14)8-12(9)15)20(18,19)17(2)10-3-5-16-6-4-10;/h7-8,10,16H,3-6H2,1-2H3;1H. The lowest BCUT2D eigenvalue weighted by molar-refractivity contribution is 0.296. The van der Waals surface area contributed by atoms with Crippen LogP contribution in [-0.4, -0.2) is 38.9 Å². The fourth-order valence-corrected chi connectivity index (χ4v) is 4.34. The van der Waals surface area contributed by atoms with E-state index >= 15 is 0 Å². The quantitative estimate of drug-likeness (QED) is 0.905. The molecule has 1 saturated heterocycles. The topological polar surface area (TPSA) is 49.4 Å². The first-order valence-corrected chi connectivity index (χ1v) is 8.30. The molecule has 1 heterocycles. The summed E-state index contributed by atoms with van der Waals surface area (Å²) in [5.41, 5.74) is 0.270. The fourth-order valence-electron chi connectivity index (χ4n) is 2.35. The average Bonchev–Trinajstić information content (AvgIpc) is 2.42. The van der Waals surface area contributed by atoms with Gasteiger partial charge in [0.2, 0.25) is 10.0 Å². The monoisotopic (exact) mass is 356 g/mol. The first kappa shape index (κ1) is 18.6. The molecule has 0 spiro atoms. The summed E-state index contributed by atoms with van der Waals surface area (Å²) in [4.78, 5) is -0.0286. The van der Waals surface area contributed by atoms with Crippen LogP contribution in [0.3, 0.4) is 0 Å². The van der Waals surface area contributed by atoms with Crippen molar-refractivity contribution in [1.29, 1.82) is 0 Å². The van der Waals surface area contributed by atoms with Crippen LogP contribution in [0.2, 0.25) is 5.02 Å². The maximum Gasteiger partial charge on any atom is 0.244 e. The average molecular weight is 357 g/mol. The summed E-state index contributed by atoms with van der Waals surface area (Å²) < 4.78 is 40.0. The second kappa shape index (κ2) is 7.24. The zero-order chi connectivity index (χ0) is 14.9. The van der Waals surface area contributed by atoms with Gasteiger partial charge >= 0.3 is 0 Å². The van der Waals surface area contributed by atoms with Crippen LogP contribution in [0.4, 0.5) is 4.39 Å². The Hall–Kier alpha value is -0.400. The van der Waals surface area contributed by atoms with E-state index in [0.29, 0.717) is 0 Å². The fraction of sp³-hybridized carbons (Fsp3) is 0.538. The van der Waals surface area contributed by atoms with Crippen molar-refractivity contribution < 1.29 is 12.8 Å². The van der Waals surface area contributed by atoms with Gasteiger partial charge in [0.25, 0.3) is 0 Å². The Balaban J connectivity index is 0.00000220. The van der Waals surface area contributed by atoms with Gasteiger partial charge in [0.1, 0.15) is 10.7 Å². The van der Waals surface area contributed by atoms with E-state index in [4.69, 9.17) is 11.6 Å². The molecule has 0 amide bonds. The van der Waals surface area contributed by atoms with Crippen LogP contribution >= 0.6 is 24.0 Å². The molecular formula is C13H19Cl2FN2O2S. The van der Waals surface area contributed by atoms with Crippen molar-refractivity contribution in [2.45, 2.75) is 30.7 Å². The molecule has 1 aliphatic heterocycles. The van der Waals surface area contributed by atoms with Gasteiger partial charge in [-0.2, -0.15) is 4.31 Å². The maximum absolute atomic E-state index is 13.4. The number of benzene rings is 1. The number of sulfonamides is 1. The molecule has 0 aromatic heterocycles. The highest BCUT2D eigenvalue weighted by atomic mass is 35.5. The van der Waals surface area contributed by atoms with E-state index in [2.05, 4.69) is 5.32 Å². The largest absolute Gasteiger partial charge is 0.317 e. The molecule has 0 bridgehead atoms. The van der Waals surface area contributed by atoms with E-state index in [0.717, 1.165) is 32.0 Å². The van der Waals surface area contributed by atoms with Crippen molar-refractivity contribution in [3.63, 3.8) is 0 Å². The minimum Gasteiger partial charge on any atom is -0.317 e. The molecule has 2 rings (SSSR count). The summed E-state index contributed by atoms with van der Waals surface area (Å²) in [7, 11) is -2.15. The van der Waals surface area contributed by atoms with Gasteiger partial charge < -0.3 is 5.32 Å². The van der Waals surface area contributed by atoms with E-state index in [1.165, 1.54) is 17.3 Å². The SMILES string of the molecule is Cc1cc(S(=O)(=O)N(C)C2CCNCC2)c(Cl)cc1F.Cl. The highest BCUT2D eigenvalue weighted by Gasteiger charge is 2.31. The van der Waals surface area contributed by atoms with Gasteiger partial charge in [0, 0.05) is 13.1 Å². The smallest absolute Gasteiger partial charge is 0.244 e. The lowest BCUT2D eigenvalue weighted by Gasteiger charge is -2.31. The minimum atomic E-state index is -3.70. The Morgan fingerprint density at radius 2 is 1.90 bits per heavy atom. The summed E-state index contributed by atoms with van der Waals surface area (Å²) in [6.45, 7) is 3.11. The van der Waals surface area contributed by atoms with Crippen molar-refractivity contribution in [1.82, 2.24) is 9.62 Å². The highest BCUT2D eigenvalue weighted by Crippen LogP contribution is 2.29. The molecule has 1 aliphatic rings. The normalized spacial score (nSPS) is 16.8. The molecule has 0 unspecified atom stereocenters. The van der Waals surface area contributed by atoms with Gasteiger partial charge in [0.15, 0.2) is 0 Å². The molecule has 8 heteroatoms. The van der Waals surface area contributed by atoms with Crippen molar-refractivity contribution in [3.05, 3.63) is 28.5 Å². The lowest BCUT2D eigenvalue weighted by Crippen LogP contribution is -2.43. The second-order valence-electron chi connectivity index (χ2n) is 5.03. The van der Waals surface area contributed by atoms with E-state index < -0.39 is 15.8 Å². The first-order valence-electron chi connectivity index (χ1n) is 6.48. The van der Waals surface area contributed by atoms with Gasteiger partial charge in [-0.05, 0) is 50.6 Å². The molecule has 1 aromatic carbocycles. The molecule has 0 aliphatic carbocycles. The predicted molar refractivity (Wildman–Crippen MR) is 84.2 cm³/mol. The number of halogens is 3. The van der Waals surface area contributed by atoms with Crippen LogP contribution in [0.5, 0.6) is 0 Å². The van der Waals surface area contributed by atoms with Crippen LogP contribution in [0.15, 0.2) is 17.0 Å². The van der Waals surface area contributed by atoms with Gasteiger partial charge in [0.05, 0.1) is 5.02 Å². The summed E-state index contributed by atoms with van der Waals surface area (Å²) in [6.07, 6.45) is 1.51. The first-order chi connectivity index (χ1) is 9.34. The van der Waals surface area contributed by atoms with Crippen molar-refractivity contribution in [2.75, 3.05) is 20.1 Å². The number of nitrogens with one attached hydrogen (secondary N) is 1. The number of rotatable bonds is 3. The zero-order valence-electron chi connectivity index (χ0n) is 11.9. The molecule has 1 N–H and O–H groups in total. The Kier molecular flexibility index (Phi) is 6.43. The molecule has 4 nitrogen and oxygen atoms in total. The summed E-state index contributed by atoms with van der Waals surface area (Å²) in [6, 6.07) is 2.30. The van der Waals surface area contributed by atoms with Crippen molar-refractivity contribution >= 4 is 34.0 Å². The van der Waals surface area contributed by atoms with E-state index in [-0.39, 0.29) is 33.9 Å². The van der Waals surface area contributed by atoms with Crippen molar-refractivity contribution in [2.24, 2.45) is 0 Å². The molecule has 0 radical (unpaired) electrons. The molecule has 21 heavy (non-hydrogen) atoms. The van der Waals surface area contributed by atoms with Crippen molar-refractivity contribution in [3.8, 4) is 0 Å². The summed E-state index contributed by atoms with van der Waals surface area (Å²) >= 11 is 5.91. The van der Waals surface area contributed by atoms with Crippen LogP contribution in [-0.2, 0) is 10.0 Å². The number of piperidine rings is 1. The molecule has 0 saturated carbocycles. The van der Waals surface area contributed by atoms with E-state index in [9.17, 15) is 12.8 Å². The molecule has 0 atom stereocenters. The number of hydrogen-bond acceptors (Lipinski definition) is 3. The zero-order valence-corrected chi connectivity index (χ0v) is 14.3. The molecular weight excluding hydrogens is 338 g/mol. The predicted octanol–water partition coefficient (Wildman–Crippen LogP) is 2.58. The van der Waals surface area contributed by atoms with Crippen LogP contribution in [0.25, 0.3) is 0 Å². The lowest BCUT2D eigenvalue weighted by atomic mass is 10.1. The molecule has 120 valence electrons. The Morgan fingerprint density at radius 1 is 1.33 bits per heavy atom. The third-order valence-corrected chi connectivity index (χ3v) is 6.07. The highest BCUT2D eigenvalue weighted by molar-refractivity contribution is 7.89. The van der Waals surface area contributed by atoms with Crippen LogP contribution in [0.1, 0.15) is 18.4 Å². The third kappa shape index (κ3) is 3.87.